The number of amides is 1. The fourth-order valence-electron chi connectivity index (χ4n) is 1.73. The number of fused-ring (bicyclic) bond motifs is 1. The van der Waals surface area contributed by atoms with E-state index in [4.69, 9.17) is 5.73 Å². The summed E-state index contributed by atoms with van der Waals surface area (Å²) in [5.74, 6) is 0.641. The van der Waals surface area contributed by atoms with E-state index in [1.54, 1.807) is 16.7 Å². The van der Waals surface area contributed by atoms with Crippen LogP contribution in [-0.4, -0.2) is 31.8 Å². The molecule has 0 unspecified atom stereocenters. The lowest BCUT2D eigenvalue weighted by Crippen LogP contribution is -2.38. The van der Waals surface area contributed by atoms with Gasteiger partial charge in [0.05, 0.1) is 11.4 Å². The zero-order chi connectivity index (χ0) is 11.5. The van der Waals surface area contributed by atoms with Gasteiger partial charge in [-0.1, -0.05) is 0 Å². The van der Waals surface area contributed by atoms with Gasteiger partial charge >= 0.3 is 0 Å². The molecule has 1 amide bonds. The summed E-state index contributed by atoms with van der Waals surface area (Å²) in [6.45, 7) is 1.07. The number of carbonyl (C=O) groups is 1. The highest BCUT2D eigenvalue weighted by molar-refractivity contribution is 8.00. The summed E-state index contributed by atoms with van der Waals surface area (Å²) >= 11 is 1.59. The second-order valence-corrected chi connectivity index (χ2v) is 4.57. The topological polar surface area (TPSA) is 58.4 Å². The molecule has 3 N–H and O–H groups in total. The molecular formula is C11H15N3OS. The van der Waals surface area contributed by atoms with Crippen molar-refractivity contribution in [3.8, 4) is 0 Å². The minimum atomic E-state index is 0.135. The van der Waals surface area contributed by atoms with Crippen LogP contribution >= 0.6 is 11.8 Å². The van der Waals surface area contributed by atoms with Crippen LogP contribution in [0, 0.1) is 0 Å². The molecule has 1 aliphatic heterocycles. The fraction of sp³-hybridized carbons (Fsp3) is 0.364. The van der Waals surface area contributed by atoms with Gasteiger partial charge in [-0.15, -0.1) is 11.8 Å². The van der Waals surface area contributed by atoms with Crippen molar-refractivity contribution in [2.45, 2.75) is 4.90 Å². The van der Waals surface area contributed by atoms with Gasteiger partial charge in [0.15, 0.2) is 0 Å². The third kappa shape index (κ3) is 2.01. The largest absolute Gasteiger partial charge is 0.388 e. The van der Waals surface area contributed by atoms with E-state index < -0.39 is 0 Å². The van der Waals surface area contributed by atoms with E-state index >= 15 is 0 Å². The maximum atomic E-state index is 11.8. The molecule has 1 aromatic rings. The zero-order valence-corrected chi connectivity index (χ0v) is 10.0. The molecule has 1 aliphatic rings. The van der Waals surface area contributed by atoms with Crippen LogP contribution < -0.4 is 16.0 Å². The van der Waals surface area contributed by atoms with E-state index in [1.165, 1.54) is 0 Å². The number of benzene rings is 1. The number of rotatable bonds is 3. The highest BCUT2D eigenvalue weighted by Crippen LogP contribution is 2.36. The molecule has 86 valence electrons. The Labute approximate surface area is 99.2 Å². The molecule has 2 rings (SSSR count). The quantitative estimate of drug-likeness (QED) is 0.827. The molecule has 1 aromatic carbocycles. The van der Waals surface area contributed by atoms with Gasteiger partial charge in [-0.25, -0.2) is 0 Å². The van der Waals surface area contributed by atoms with Gasteiger partial charge in [-0.2, -0.15) is 0 Å². The molecule has 1 heterocycles. The van der Waals surface area contributed by atoms with Crippen molar-refractivity contribution >= 4 is 29.0 Å². The summed E-state index contributed by atoms with van der Waals surface area (Å²) in [6.07, 6.45) is 0. The molecule has 0 fully saturated rings. The number of thioether (sulfide) groups is 1. The summed E-state index contributed by atoms with van der Waals surface area (Å²) in [5.41, 5.74) is 7.51. The summed E-state index contributed by atoms with van der Waals surface area (Å²) in [5, 5.41) is 3.08. The SMILES string of the molecule is CNc1ccc2c(c1)N(CCN)C(=O)CS2. The van der Waals surface area contributed by atoms with Crippen molar-refractivity contribution in [3.05, 3.63) is 18.2 Å². The summed E-state index contributed by atoms with van der Waals surface area (Å²) < 4.78 is 0. The molecule has 0 radical (unpaired) electrons. The van der Waals surface area contributed by atoms with Crippen molar-refractivity contribution in [2.24, 2.45) is 5.73 Å². The monoisotopic (exact) mass is 237 g/mol. The molecule has 5 heteroatoms. The molecule has 4 nitrogen and oxygen atoms in total. The zero-order valence-electron chi connectivity index (χ0n) is 9.19. The second kappa shape index (κ2) is 4.76. The second-order valence-electron chi connectivity index (χ2n) is 3.56. The van der Waals surface area contributed by atoms with Crippen LogP contribution in [0.2, 0.25) is 0 Å². The van der Waals surface area contributed by atoms with E-state index in [9.17, 15) is 4.79 Å². The van der Waals surface area contributed by atoms with Crippen LogP contribution in [0.4, 0.5) is 11.4 Å². The predicted molar refractivity (Wildman–Crippen MR) is 68.1 cm³/mol. The molecule has 0 aliphatic carbocycles. The molecule has 0 bridgehead atoms. The standard InChI is InChI=1S/C11H15N3OS/c1-13-8-2-3-10-9(6-8)14(5-4-12)11(15)7-16-10/h2-3,6,13H,4-5,7,12H2,1H3. The Balaban J connectivity index is 2.39. The lowest BCUT2D eigenvalue weighted by molar-refractivity contribution is -0.116. The highest BCUT2D eigenvalue weighted by Gasteiger charge is 2.24. The van der Waals surface area contributed by atoms with Crippen molar-refractivity contribution in [2.75, 3.05) is 36.1 Å². The molecule has 0 aromatic heterocycles. The minimum absolute atomic E-state index is 0.135. The molecule has 0 spiro atoms. The molecule has 16 heavy (non-hydrogen) atoms. The molecule has 0 saturated heterocycles. The Hall–Kier alpha value is -1.20. The number of nitrogens with one attached hydrogen (secondary N) is 1. The van der Waals surface area contributed by atoms with E-state index in [2.05, 4.69) is 5.32 Å². The Kier molecular flexibility index (Phi) is 3.36. The maximum absolute atomic E-state index is 11.8. The highest BCUT2D eigenvalue weighted by atomic mass is 32.2. The van der Waals surface area contributed by atoms with E-state index in [-0.39, 0.29) is 5.91 Å². The van der Waals surface area contributed by atoms with Crippen molar-refractivity contribution < 1.29 is 4.79 Å². The maximum Gasteiger partial charge on any atom is 0.237 e. The van der Waals surface area contributed by atoms with Crippen molar-refractivity contribution in [1.82, 2.24) is 0 Å². The van der Waals surface area contributed by atoms with Crippen molar-refractivity contribution in [3.63, 3.8) is 0 Å². The first-order chi connectivity index (χ1) is 7.76. The number of nitrogens with zero attached hydrogens (tertiary/aromatic N) is 1. The predicted octanol–water partition coefficient (Wildman–Crippen LogP) is 1.13. The van der Waals surface area contributed by atoms with Crippen LogP contribution in [0.25, 0.3) is 0 Å². The molecule has 0 atom stereocenters. The van der Waals surface area contributed by atoms with Gasteiger partial charge in [0.2, 0.25) is 5.91 Å². The first-order valence-corrected chi connectivity index (χ1v) is 6.20. The van der Waals surface area contributed by atoms with Crippen LogP contribution in [0.3, 0.4) is 0 Å². The minimum Gasteiger partial charge on any atom is -0.388 e. The van der Waals surface area contributed by atoms with Gasteiger partial charge in [0, 0.05) is 30.7 Å². The molecular weight excluding hydrogens is 222 g/mol. The summed E-state index contributed by atoms with van der Waals surface area (Å²) in [7, 11) is 1.87. The number of hydrogen-bond donors (Lipinski definition) is 2. The van der Waals surface area contributed by atoms with E-state index in [1.807, 2.05) is 25.2 Å². The first-order valence-electron chi connectivity index (χ1n) is 5.21. The lowest BCUT2D eigenvalue weighted by Gasteiger charge is -2.29. The smallest absolute Gasteiger partial charge is 0.237 e. The lowest BCUT2D eigenvalue weighted by atomic mass is 10.2. The summed E-state index contributed by atoms with van der Waals surface area (Å²) in [4.78, 5) is 14.7. The molecule has 0 saturated carbocycles. The van der Waals surface area contributed by atoms with Gasteiger partial charge in [-0.3, -0.25) is 4.79 Å². The first kappa shape index (κ1) is 11.3. The van der Waals surface area contributed by atoms with E-state index in [0.29, 0.717) is 18.8 Å². The fourth-order valence-corrected chi connectivity index (χ4v) is 2.65. The third-order valence-electron chi connectivity index (χ3n) is 2.54. The Morgan fingerprint density at radius 1 is 1.56 bits per heavy atom. The summed E-state index contributed by atoms with van der Waals surface area (Å²) in [6, 6.07) is 6.05. The van der Waals surface area contributed by atoms with Gasteiger partial charge in [0.1, 0.15) is 0 Å². The van der Waals surface area contributed by atoms with Gasteiger partial charge in [-0.05, 0) is 18.2 Å². The van der Waals surface area contributed by atoms with Gasteiger partial charge < -0.3 is 16.0 Å². The Morgan fingerprint density at radius 2 is 2.38 bits per heavy atom. The average Bonchev–Trinajstić information content (AvgIpc) is 2.32. The van der Waals surface area contributed by atoms with Crippen LogP contribution in [0.1, 0.15) is 0 Å². The van der Waals surface area contributed by atoms with Crippen LogP contribution in [0.5, 0.6) is 0 Å². The average molecular weight is 237 g/mol. The number of nitrogens with two attached hydrogens (primary N) is 1. The van der Waals surface area contributed by atoms with Crippen molar-refractivity contribution in [1.29, 1.82) is 0 Å². The van der Waals surface area contributed by atoms with Gasteiger partial charge in [0.25, 0.3) is 0 Å². The Bertz CT molecular complexity index is 408. The van der Waals surface area contributed by atoms with E-state index in [0.717, 1.165) is 16.3 Å². The van der Waals surface area contributed by atoms with Crippen LogP contribution in [0.15, 0.2) is 23.1 Å². The normalized spacial score (nSPS) is 14.9. The number of hydrogen-bond acceptors (Lipinski definition) is 4. The third-order valence-corrected chi connectivity index (χ3v) is 3.59. The number of carbonyl (C=O) groups excluding carboxylic acids is 1. The Morgan fingerprint density at radius 3 is 3.06 bits per heavy atom. The number of anilines is 2. The van der Waals surface area contributed by atoms with Crippen LogP contribution in [-0.2, 0) is 4.79 Å².